The standard InChI is InChI=1S/C18H27N3O2S/c22-18(13-21-9-10-23-17-3-1-2-16(17)21)20-7-5-19(6-8-20)12-15-4-11-24-14-15/h4,11,14,16-17H,1-3,5-10,12-13H2/t16-,17+/m1/s1. The second-order valence-corrected chi connectivity index (χ2v) is 7.95. The van der Waals surface area contributed by atoms with Crippen molar-refractivity contribution in [3.05, 3.63) is 22.4 Å². The Labute approximate surface area is 148 Å². The molecule has 1 aromatic rings. The number of hydrogen-bond donors (Lipinski definition) is 0. The molecule has 4 rings (SSSR count). The first-order valence-electron chi connectivity index (χ1n) is 9.16. The number of amides is 1. The molecular weight excluding hydrogens is 322 g/mol. The van der Waals surface area contributed by atoms with E-state index in [2.05, 4.69) is 31.5 Å². The third-order valence-electron chi connectivity index (χ3n) is 5.65. The van der Waals surface area contributed by atoms with Gasteiger partial charge in [-0.15, -0.1) is 0 Å². The Morgan fingerprint density at radius 3 is 2.88 bits per heavy atom. The normalized spacial score (nSPS) is 28.9. The van der Waals surface area contributed by atoms with Gasteiger partial charge in [-0.1, -0.05) is 0 Å². The van der Waals surface area contributed by atoms with Gasteiger partial charge in [0.2, 0.25) is 5.91 Å². The Kier molecular flexibility index (Phi) is 5.17. The molecule has 2 atom stereocenters. The molecule has 0 bridgehead atoms. The van der Waals surface area contributed by atoms with E-state index in [1.165, 1.54) is 18.4 Å². The van der Waals surface area contributed by atoms with Crippen LogP contribution in [0.1, 0.15) is 24.8 Å². The Bertz CT molecular complexity index is 542. The van der Waals surface area contributed by atoms with E-state index in [1.54, 1.807) is 11.3 Å². The predicted octanol–water partition coefficient (Wildman–Crippen LogP) is 1.65. The average molecular weight is 350 g/mol. The lowest BCUT2D eigenvalue weighted by Crippen LogP contribution is -2.55. The lowest BCUT2D eigenvalue weighted by atomic mass is 10.1. The molecule has 3 aliphatic rings. The van der Waals surface area contributed by atoms with E-state index in [0.717, 1.165) is 52.3 Å². The number of rotatable bonds is 4. The summed E-state index contributed by atoms with van der Waals surface area (Å²) >= 11 is 1.75. The van der Waals surface area contributed by atoms with Gasteiger partial charge in [0.25, 0.3) is 0 Å². The minimum absolute atomic E-state index is 0.303. The van der Waals surface area contributed by atoms with Crippen LogP contribution in [0.3, 0.4) is 0 Å². The summed E-state index contributed by atoms with van der Waals surface area (Å²) < 4.78 is 5.85. The van der Waals surface area contributed by atoms with Gasteiger partial charge in [-0.2, -0.15) is 11.3 Å². The van der Waals surface area contributed by atoms with Crippen LogP contribution in [0.15, 0.2) is 16.8 Å². The Hall–Kier alpha value is -0.950. The van der Waals surface area contributed by atoms with Gasteiger partial charge in [0.1, 0.15) is 0 Å². The van der Waals surface area contributed by atoms with Crippen molar-refractivity contribution in [3.8, 4) is 0 Å². The van der Waals surface area contributed by atoms with Crippen LogP contribution in [0.5, 0.6) is 0 Å². The van der Waals surface area contributed by atoms with Crippen LogP contribution in [-0.4, -0.2) is 78.6 Å². The van der Waals surface area contributed by atoms with Crippen LogP contribution in [0.25, 0.3) is 0 Å². The van der Waals surface area contributed by atoms with Gasteiger partial charge in [-0.25, -0.2) is 0 Å². The maximum Gasteiger partial charge on any atom is 0.236 e. The first-order valence-corrected chi connectivity index (χ1v) is 10.1. The molecule has 0 spiro atoms. The van der Waals surface area contributed by atoms with Crippen LogP contribution >= 0.6 is 11.3 Å². The second-order valence-electron chi connectivity index (χ2n) is 7.17. The van der Waals surface area contributed by atoms with Crippen LogP contribution in [0.4, 0.5) is 0 Å². The molecule has 1 saturated carbocycles. The highest BCUT2D eigenvalue weighted by molar-refractivity contribution is 7.07. The van der Waals surface area contributed by atoms with Crippen molar-refractivity contribution >= 4 is 17.2 Å². The number of fused-ring (bicyclic) bond motifs is 1. The molecule has 2 aliphatic heterocycles. The summed E-state index contributed by atoms with van der Waals surface area (Å²) in [4.78, 5) is 19.6. The van der Waals surface area contributed by atoms with E-state index in [-0.39, 0.29) is 0 Å². The Balaban J connectivity index is 1.25. The van der Waals surface area contributed by atoms with E-state index >= 15 is 0 Å². The summed E-state index contributed by atoms with van der Waals surface area (Å²) in [5.74, 6) is 0.303. The third kappa shape index (κ3) is 3.67. The SMILES string of the molecule is O=C(CN1CCO[C@H]2CCC[C@H]21)N1CCN(Cc2ccsc2)CC1. The summed E-state index contributed by atoms with van der Waals surface area (Å²) in [5, 5.41) is 4.35. The highest BCUT2D eigenvalue weighted by atomic mass is 32.1. The van der Waals surface area contributed by atoms with Crippen LogP contribution in [-0.2, 0) is 16.1 Å². The van der Waals surface area contributed by atoms with E-state index in [4.69, 9.17) is 4.74 Å². The molecule has 1 aromatic heterocycles. The van der Waals surface area contributed by atoms with Gasteiger partial charge in [0.15, 0.2) is 0 Å². The minimum Gasteiger partial charge on any atom is -0.375 e. The molecule has 0 N–H and O–H groups in total. The number of piperazine rings is 1. The molecular formula is C18H27N3O2S. The number of carbonyl (C=O) groups excluding carboxylic acids is 1. The van der Waals surface area contributed by atoms with E-state index < -0.39 is 0 Å². The topological polar surface area (TPSA) is 36.0 Å². The zero-order valence-electron chi connectivity index (χ0n) is 14.2. The van der Waals surface area contributed by atoms with Gasteiger partial charge < -0.3 is 9.64 Å². The van der Waals surface area contributed by atoms with Crippen molar-refractivity contribution in [3.63, 3.8) is 0 Å². The smallest absolute Gasteiger partial charge is 0.236 e. The predicted molar refractivity (Wildman–Crippen MR) is 95.1 cm³/mol. The molecule has 24 heavy (non-hydrogen) atoms. The molecule has 0 aromatic carbocycles. The van der Waals surface area contributed by atoms with Gasteiger partial charge >= 0.3 is 0 Å². The van der Waals surface area contributed by atoms with Crippen LogP contribution in [0, 0.1) is 0 Å². The number of hydrogen-bond acceptors (Lipinski definition) is 5. The van der Waals surface area contributed by atoms with E-state index in [0.29, 0.717) is 24.6 Å². The molecule has 3 fully saturated rings. The fourth-order valence-electron chi connectivity index (χ4n) is 4.27. The molecule has 0 radical (unpaired) electrons. The largest absolute Gasteiger partial charge is 0.375 e. The summed E-state index contributed by atoms with van der Waals surface area (Å²) in [6.45, 7) is 6.97. The van der Waals surface area contributed by atoms with Gasteiger partial charge in [-0.05, 0) is 41.7 Å². The van der Waals surface area contributed by atoms with Crippen LogP contribution in [0.2, 0.25) is 0 Å². The minimum atomic E-state index is 0.303. The maximum atomic E-state index is 12.7. The second kappa shape index (κ2) is 7.52. The zero-order valence-corrected chi connectivity index (χ0v) is 15.0. The van der Waals surface area contributed by atoms with Crippen molar-refractivity contribution in [2.24, 2.45) is 0 Å². The van der Waals surface area contributed by atoms with Gasteiger partial charge in [0.05, 0.1) is 19.3 Å². The summed E-state index contributed by atoms with van der Waals surface area (Å²) in [7, 11) is 0. The van der Waals surface area contributed by atoms with Crippen molar-refractivity contribution in [1.82, 2.24) is 14.7 Å². The van der Waals surface area contributed by atoms with E-state index in [9.17, 15) is 4.79 Å². The monoisotopic (exact) mass is 349 g/mol. The summed E-state index contributed by atoms with van der Waals surface area (Å²) in [5.41, 5.74) is 1.39. The number of carbonyl (C=O) groups is 1. The van der Waals surface area contributed by atoms with Gasteiger partial charge in [0, 0.05) is 45.3 Å². The highest BCUT2D eigenvalue weighted by Crippen LogP contribution is 2.29. The number of thiophene rings is 1. The molecule has 5 nitrogen and oxygen atoms in total. The Morgan fingerprint density at radius 2 is 2.08 bits per heavy atom. The van der Waals surface area contributed by atoms with Crippen molar-refractivity contribution in [1.29, 1.82) is 0 Å². The number of morpholine rings is 1. The molecule has 2 saturated heterocycles. The summed E-state index contributed by atoms with van der Waals surface area (Å²) in [6.07, 6.45) is 3.96. The first kappa shape index (κ1) is 16.5. The fourth-order valence-corrected chi connectivity index (χ4v) is 4.93. The molecule has 3 heterocycles. The highest BCUT2D eigenvalue weighted by Gasteiger charge is 2.37. The lowest BCUT2D eigenvalue weighted by Gasteiger charge is -2.39. The maximum absolute atomic E-state index is 12.7. The molecule has 1 amide bonds. The first-order chi connectivity index (χ1) is 11.8. The zero-order chi connectivity index (χ0) is 16.4. The fraction of sp³-hybridized carbons (Fsp3) is 0.722. The average Bonchev–Trinajstić information content (AvgIpc) is 3.27. The number of nitrogens with zero attached hydrogens (tertiary/aromatic N) is 3. The molecule has 1 aliphatic carbocycles. The lowest BCUT2D eigenvalue weighted by molar-refractivity contribution is -0.138. The van der Waals surface area contributed by atoms with Crippen molar-refractivity contribution < 1.29 is 9.53 Å². The van der Waals surface area contributed by atoms with E-state index in [1.807, 2.05) is 0 Å². The quantitative estimate of drug-likeness (QED) is 0.828. The molecule has 0 unspecified atom stereocenters. The number of ether oxygens (including phenoxy) is 1. The molecule has 6 heteroatoms. The summed E-state index contributed by atoms with van der Waals surface area (Å²) in [6, 6.07) is 2.67. The molecule has 132 valence electrons. The van der Waals surface area contributed by atoms with Gasteiger partial charge in [-0.3, -0.25) is 14.6 Å². The van der Waals surface area contributed by atoms with Crippen LogP contribution < -0.4 is 0 Å². The Morgan fingerprint density at radius 1 is 1.21 bits per heavy atom. The van der Waals surface area contributed by atoms with Crippen molar-refractivity contribution in [2.45, 2.75) is 38.0 Å². The van der Waals surface area contributed by atoms with Crippen molar-refractivity contribution in [2.75, 3.05) is 45.9 Å². The third-order valence-corrected chi connectivity index (χ3v) is 6.38.